The van der Waals surface area contributed by atoms with E-state index in [1.165, 1.54) is 0 Å². The Bertz CT molecular complexity index is 422. The lowest BCUT2D eigenvalue weighted by Gasteiger charge is -2.32. The third-order valence-electron chi connectivity index (χ3n) is 3.41. The van der Waals surface area contributed by atoms with Gasteiger partial charge in [0.2, 0.25) is 0 Å². The Hall–Kier alpha value is -1.40. The van der Waals surface area contributed by atoms with Crippen LogP contribution in [0.1, 0.15) is 23.0 Å². The van der Waals surface area contributed by atoms with Gasteiger partial charge in [0.25, 0.3) is 0 Å². The number of aromatic nitrogens is 2. The normalized spacial score (nSPS) is 18.1. The molecule has 100 valence electrons. The van der Waals surface area contributed by atoms with Crippen LogP contribution in [0.4, 0.5) is 0 Å². The molecule has 0 aliphatic carbocycles. The van der Waals surface area contributed by atoms with Crippen molar-refractivity contribution in [3.63, 3.8) is 0 Å². The summed E-state index contributed by atoms with van der Waals surface area (Å²) in [6.07, 6.45) is 1.69. The summed E-state index contributed by atoms with van der Waals surface area (Å²) < 4.78 is 1.55. The molecule has 0 saturated carbocycles. The lowest BCUT2D eigenvalue weighted by molar-refractivity contribution is 0.0679. The predicted octanol–water partition coefficient (Wildman–Crippen LogP) is 0.349. The zero-order valence-corrected chi connectivity index (χ0v) is 11.0. The molecule has 1 N–H and O–H groups in total. The number of piperazine rings is 1. The fraction of sp³-hybridized carbons (Fsp3) is 0.667. The molecule has 1 aliphatic rings. The molecule has 18 heavy (non-hydrogen) atoms. The van der Waals surface area contributed by atoms with Crippen LogP contribution in [-0.2, 0) is 13.1 Å². The maximum atomic E-state index is 11.3. The second kappa shape index (κ2) is 5.49. The summed E-state index contributed by atoms with van der Waals surface area (Å²) in [5.74, 6) is -0.890. The molecular formula is C12H20N4O2. The molecule has 0 unspecified atom stereocenters. The SMILES string of the molecule is CCn1ncc(CN2CCN(C)CC2)c1C(=O)O. The van der Waals surface area contributed by atoms with Crippen molar-refractivity contribution in [2.45, 2.75) is 20.0 Å². The minimum absolute atomic E-state index is 0.330. The van der Waals surface area contributed by atoms with Crippen molar-refractivity contribution in [3.8, 4) is 0 Å². The van der Waals surface area contributed by atoms with Gasteiger partial charge < -0.3 is 10.0 Å². The van der Waals surface area contributed by atoms with E-state index in [0.29, 0.717) is 18.8 Å². The van der Waals surface area contributed by atoms with Crippen molar-refractivity contribution < 1.29 is 9.90 Å². The summed E-state index contributed by atoms with van der Waals surface area (Å²) in [4.78, 5) is 15.8. The molecule has 0 bridgehead atoms. The van der Waals surface area contributed by atoms with Gasteiger partial charge in [-0.3, -0.25) is 9.58 Å². The van der Waals surface area contributed by atoms with Gasteiger partial charge in [0, 0.05) is 44.8 Å². The first-order chi connectivity index (χ1) is 8.61. The third-order valence-corrected chi connectivity index (χ3v) is 3.41. The van der Waals surface area contributed by atoms with Gasteiger partial charge >= 0.3 is 5.97 Å². The Labute approximate surface area is 107 Å². The fourth-order valence-electron chi connectivity index (χ4n) is 2.27. The second-order valence-corrected chi connectivity index (χ2v) is 4.72. The van der Waals surface area contributed by atoms with E-state index in [0.717, 1.165) is 31.7 Å². The maximum Gasteiger partial charge on any atom is 0.354 e. The molecule has 2 rings (SSSR count). The average Bonchev–Trinajstić information content (AvgIpc) is 2.75. The minimum atomic E-state index is -0.890. The number of rotatable bonds is 4. The molecule has 1 aliphatic heterocycles. The van der Waals surface area contributed by atoms with Crippen molar-refractivity contribution in [1.29, 1.82) is 0 Å². The van der Waals surface area contributed by atoms with Crippen LogP contribution in [0.2, 0.25) is 0 Å². The first-order valence-electron chi connectivity index (χ1n) is 6.30. The van der Waals surface area contributed by atoms with Gasteiger partial charge in [-0.05, 0) is 14.0 Å². The summed E-state index contributed by atoms with van der Waals surface area (Å²) in [6, 6.07) is 0. The molecule has 0 atom stereocenters. The molecular weight excluding hydrogens is 232 g/mol. The van der Waals surface area contributed by atoms with Gasteiger partial charge in [0.1, 0.15) is 0 Å². The number of aryl methyl sites for hydroxylation is 1. The van der Waals surface area contributed by atoms with Gasteiger partial charge in [-0.25, -0.2) is 4.79 Å². The van der Waals surface area contributed by atoms with Crippen molar-refractivity contribution >= 4 is 5.97 Å². The Balaban J connectivity index is 2.09. The van der Waals surface area contributed by atoms with Gasteiger partial charge in [0.15, 0.2) is 5.69 Å². The summed E-state index contributed by atoms with van der Waals surface area (Å²) in [5.41, 5.74) is 1.14. The lowest BCUT2D eigenvalue weighted by atomic mass is 10.2. The van der Waals surface area contributed by atoms with E-state index in [2.05, 4.69) is 21.9 Å². The highest BCUT2D eigenvalue weighted by atomic mass is 16.4. The highest BCUT2D eigenvalue weighted by Crippen LogP contribution is 2.13. The van der Waals surface area contributed by atoms with E-state index in [1.807, 2.05) is 6.92 Å². The van der Waals surface area contributed by atoms with Crippen molar-refractivity contribution in [1.82, 2.24) is 19.6 Å². The van der Waals surface area contributed by atoms with E-state index in [1.54, 1.807) is 10.9 Å². The highest BCUT2D eigenvalue weighted by molar-refractivity contribution is 5.87. The molecule has 1 aromatic rings. The molecule has 0 amide bonds. The zero-order valence-electron chi connectivity index (χ0n) is 11.0. The number of hydrogen-bond donors (Lipinski definition) is 1. The quantitative estimate of drug-likeness (QED) is 0.837. The Morgan fingerprint density at radius 1 is 1.39 bits per heavy atom. The van der Waals surface area contributed by atoms with Gasteiger partial charge in [-0.15, -0.1) is 0 Å². The molecule has 0 spiro atoms. The number of nitrogens with zero attached hydrogens (tertiary/aromatic N) is 4. The van der Waals surface area contributed by atoms with Gasteiger partial charge in [-0.1, -0.05) is 0 Å². The third kappa shape index (κ3) is 2.70. The Morgan fingerprint density at radius 2 is 2.06 bits per heavy atom. The monoisotopic (exact) mass is 252 g/mol. The standard InChI is InChI=1S/C12H20N4O2/c1-3-16-11(12(17)18)10(8-13-16)9-15-6-4-14(2)5-7-15/h8H,3-7,9H2,1-2H3,(H,17,18). The number of hydrogen-bond acceptors (Lipinski definition) is 4. The lowest BCUT2D eigenvalue weighted by Crippen LogP contribution is -2.44. The highest BCUT2D eigenvalue weighted by Gasteiger charge is 2.20. The Kier molecular flexibility index (Phi) is 3.98. The minimum Gasteiger partial charge on any atom is -0.477 e. The van der Waals surface area contributed by atoms with E-state index in [9.17, 15) is 9.90 Å². The topological polar surface area (TPSA) is 61.6 Å². The zero-order chi connectivity index (χ0) is 13.1. The first kappa shape index (κ1) is 13.0. The largest absolute Gasteiger partial charge is 0.477 e. The molecule has 6 nitrogen and oxygen atoms in total. The van der Waals surface area contributed by atoms with Crippen LogP contribution in [0.15, 0.2) is 6.20 Å². The summed E-state index contributed by atoms with van der Waals surface area (Å²) in [7, 11) is 2.11. The molecule has 1 aromatic heterocycles. The summed E-state index contributed by atoms with van der Waals surface area (Å²) >= 11 is 0. The van der Waals surface area contributed by atoms with Gasteiger partial charge in [-0.2, -0.15) is 5.10 Å². The Morgan fingerprint density at radius 3 is 2.61 bits per heavy atom. The van der Waals surface area contributed by atoms with Crippen LogP contribution in [0.5, 0.6) is 0 Å². The van der Waals surface area contributed by atoms with Crippen molar-refractivity contribution in [3.05, 3.63) is 17.5 Å². The van der Waals surface area contributed by atoms with Crippen LogP contribution in [0.25, 0.3) is 0 Å². The van der Waals surface area contributed by atoms with Crippen LogP contribution < -0.4 is 0 Å². The van der Waals surface area contributed by atoms with Crippen molar-refractivity contribution in [2.24, 2.45) is 0 Å². The molecule has 0 radical (unpaired) electrons. The summed E-state index contributed by atoms with van der Waals surface area (Å²) in [5, 5.41) is 13.4. The molecule has 0 aromatic carbocycles. The van der Waals surface area contributed by atoms with E-state index in [-0.39, 0.29) is 0 Å². The molecule has 1 saturated heterocycles. The van der Waals surface area contributed by atoms with Crippen LogP contribution >= 0.6 is 0 Å². The van der Waals surface area contributed by atoms with Gasteiger partial charge in [0.05, 0.1) is 6.20 Å². The fourth-order valence-corrected chi connectivity index (χ4v) is 2.27. The smallest absolute Gasteiger partial charge is 0.354 e. The maximum absolute atomic E-state index is 11.3. The molecule has 1 fully saturated rings. The van der Waals surface area contributed by atoms with E-state index in [4.69, 9.17) is 0 Å². The number of carbonyl (C=O) groups is 1. The van der Waals surface area contributed by atoms with E-state index >= 15 is 0 Å². The summed E-state index contributed by atoms with van der Waals surface area (Å²) in [6.45, 7) is 7.19. The average molecular weight is 252 g/mol. The van der Waals surface area contributed by atoms with Crippen LogP contribution in [0, 0.1) is 0 Å². The van der Waals surface area contributed by atoms with Crippen LogP contribution in [0.3, 0.4) is 0 Å². The second-order valence-electron chi connectivity index (χ2n) is 4.72. The molecule has 2 heterocycles. The van der Waals surface area contributed by atoms with Crippen LogP contribution in [-0.4, -0.2) is 63.9 Å². The predicted molar refractivity (Wildman–Crippen MR) is 67.6 cm³/mol. The first-order valence-corrected chi connectivity index (χ1v) is 6.30. The number of likely N-dealkylation sites (N-methyl/N-ethyl adjacent to an activating group) is 1. The number of carboxylic acid groups (broad SMARTS) is 1. The number of aromatic carboxylic acids is 1. The van der Waals surface area contributed by atoms with E-state index < -0.39 is 5.97 Å². The number of carboxylic acids is 1. The van der Waals surface area contributed by atoms with Crippen molar-refractivity contribution in [2.75, 3.05) is 33.2 Å². The molecule has 6 heteroatoms.